The van der Waals surface area contributed by atoms with E-state index in [0.29, 0.717) is 34.7 Å². The highest BCUT2D eigenvalue weighted by Gasteiger charge is 2.27. The third-order valence-corrected chi connectivity index (χ3v) is 8.13. The number of carbonyl (C=O) groups is 2. The molecule has 0 aliphatic heterocycles. The van der Waals surface area contributed by atoms with Crippen LogP contribution in [0.3, 0.4) is 0 Å². The van der Waals surface area contributed by atoms with Crippen molar-refractivity contribution in [3.05, 3.63) is 51.2 Å². The molecule has 0 saturated heterocycles. The molecule has 1 amide bonds. The topological polar surface area (TPSA) is 95.3 Å². The van der Waals surface area contributed by atoms with E-state index in [1.165, 1.54) is 35.1 Å². The largest absolute Gasteiger partial charge is 0.485 e. The number of hydrogen-bond acceptors (Lipinski definition) is 8. The zero-order valence-corrected chi connectivity index (χ0v) is 22.1. The SMILES string of the molecule is CCn1c(COc2cc(C)ccc2C)nnc1SCC(=O)Nc1sc2c(c1C(=O)OC)CCCC2. The van der Waals surface area contributed by atoms with Crippen LogP contribution in [0.1, 0.15) is 57.5 Å². The Balaban J connectivity index is 1.41. The summed E-state index contributed by atoms with van der Waals surface area (Å²) in [4.78, 5) is 26.4. The number of rotatable bonds is 9. The lowest BCUT2D eigenvalue weighted by atomic mass is 9.95. The molecular formula is C25H30N4O4S2. The number of nitrogens with one attached hydrogen (secondary N) is 1. The van der Waals surface area contributed by atoms with Gasteiger partial charge in [-0.2, -0.15) is 0 Å². The molecule has 1 aliphatic rings. The molecule has 0 unspecified atom stereocenters. The minimum absolute atomic E-state index is 0.152. The van der Waals surface area contributed by atoms with Crippen molar-refractivity contribution >= 4 is 40.0 Å². The Hall–Kier alpha value is -2.85. The zero-order valence-electron chi connectivity index (χ0n) is 20.5. The number of thioether (sulfide) groups is 1. The van der Waals surface area contributed by atoms with Gasteiger partial charge in [-0.05, 0) is 69.2 Å². The molecule has 35 heavy (non-hydrogen) atoms. The summed E-state index contributed by atoms with van der Waals surface area (Å²) in [7, 11) is 1.37. The van der Waals surface area contributed by atoms with Crippen LogP contribution in [0.25, 0.3) is 0 Å². The number of aryl methyl sites for hydroxylation is 3. The summed E-state index contributed by atoms with van der Waals surface area (Å²) in [5.74, 6) is 1.09. The third kappa shape index (κ3) is 5.70. The average Bonchev–Trinajstić information content (AvgIpc) is 3.42. The number of benzene rings is 1. The number of aromatic nitrogens is 3. The molecule has 0 spiro atoms. The van der Waals surface area contributed by atoms with E-state index in [1.807, 2.05) is 37.5 Å². The monoisotopic (exact) mass is 514 g/mol. The quantitative estimate of drug-likeness (QED) is 0.319. The highest BCUT2D eigenvalue weighted by molar-refractivity contribution is 7.99. The first-order chi connectivity index (χ1) is 16.9. The van der Waals surface area contributed by atoms with Crippen molar-refractivity contribution in [2.75, 3.05) is 18.2 Å². The van der Waals surface area contributed by atoms with Crippen LogP contribution < -0.4 is 10.1 Å². The van der Waals surface area contributed by atoms with Crippen molar-refractivity contribution in [2.24, 2.45) is 0 Å². The van der Waals surface area contributed by atoms with Gasteiger partial charge in [0.05, 0.1) is 18.4 Å². The maximum absolute atomic E-state index is 12.8. The Kier molecular flexibility index (Phi) is 8.12. The maximum Gasteiger partial charge on any atom is 0.341 e. The molecule has 1 N–H and O–H groups in total. The fourth-order valence-corrected chi connectivity index (χ4v) is 6.23. The van der Waals surface area contributed by atoms with Crippen LogP contribution in [-0.2, 0) is 35.5 Å². The molecule has 0 saturated carbocycles. The molecular weight excluding hydrogens is 484 g/mol. The summed E-state index contributed by atoms with van der Waals surface area (Å²) < 4.78 is 12.9. The number of amides is 1. The van der Waals surface area contributed by atoms with Crippen molar-refractivity contribution in [1.29, 1.82) is 0 Å². The first-order valence-corrected chi connectivity index (χ1v) is 13.5. The van der Waals surface area contributed by atoms with Crippen LogP contribution in [0.4, 0.5) is 5.00 Å². The van der Waals surface area contributed by atoms with Crippen LogP contribution in [0, 0.1) is 13.8 Å². The van der Waals surface area contributed by atoms with Gasteiger partial charge >= 0.3 is 5.97 Å². The predicted octanol–water partition coefficient (Wildman–Crippen LogP) is 4.95. The van der Waals surface area contributed by atoms with E-state index in [9.17, 15) is 9.59 Å². The third-order valence-electron chi connectivity index (χ3n) is 5.96. The molecule has 1 aliphatic carbocycles. The van der Waals surface area contributed by atoms with Crippen LogP contribution in [0.15, 0.2) is 23.4 Å². The molecule has 0 radical (unpaired) electrons. The van der Waals surface area contributed by atoms with Crippen LogP contribution in [-0.4, -0.2) is 39.5 Å². The molecule has 0 atom stereocenters. The van der Waals surface area contributed by atoms with Crippen molar-refractivity contribution in [1.82, 2.24) is 14.8 Å². The number of hydrogen-bond donors (Lipinski definition) is 1. The van der Waals surface area contributed by atoms with Gasteiger partial charge in [0.15, 0.2) is 11.0 Å². The number of ether oxygens (including phenoxy) is 2. The highest BCUT2D eigenvalue weighted by Crippen LogP contribution is 2.38. The first-order valence-electron chi connectivity index (χ1n) is 11.7. The van der Waals surface area contributed by atoms with Crippen LogP contribution in [0.5, 0.6) is 5.75 Å². The first kappa shape index (κ1) is 25.2. The number of carbonyl (C=O) groups excluding carboxylic acids is 2. The summed E-state index contributed by atoms with van der Waals surface area (Å²) >= 11 is 2.79. The molecule has 0 bridgehead atoms. The van der Waals surface area contributed by atoms with Crippen LogP contribution in [0.2, 0.25) is 0 Å². The lowest BCUT2D eigenvalue weighted by molar-refractivity contribution is -0.113. The van der Waals surface area contributed by atoms with Crippen LogP contribution >= 0.6 is 23.1 Å². The smallest absolute Gasteiger partial charge is 0.341 e. The Morgan fingerprint density at radius 3 is 2.77 bits per heavy atom. The number of nitrogens with zero attached hydrogens (tertiary/aromatic N) is 3. The molecule has 1 aromatic carbocycles. The Morgan fingerprint density at radius 1 is 1.20 bits per heavy atom. The van der Waals surface area contributed by atoms with Gasteiger partial charge in [-0.1, -0.05) is 23.9 Å². The molecule has 8 nitrogen and oxygen atoms in total. The summed E-state index contributed by atoms with van der Waals surface area (Å²) in [5, 5.41) is 12.7. The van der Waals surface area contributed by atoms with Gasteiger partial charge in [-0.25, -0.2) is 4.79 Å². The van der Waals surface area contributed by atoms with E-state index in [-0.39, 0.29) is 11.7 Å². The van der Waals surface area contributed by atoms with Crippen molar-refractivity contribution in [2.45, 2.75) is 64.8 Å². The van der Waals surface area contributed by atoms with Crippen molar-refractivity contribution in [3.63, 3.8) is 0 Å². The number of fused-ring (bicyclic) bond motifs is 1. The fraction of sp³-hybridized carbons (Fsp3) is 0.440. The normalized spacial score (nSPS) is 12.8. The predicted molar refractivity (Wildman–Crippen MR) is 138 cm³/mol. The van der Waals surface area contributed by atoms with E-state index in [1.54, 1.807) is 0 Å². The lowest BCUT2D eigenvalue weighted by Gasteiger charge is -2.12. The summed E-state index contributed by atoms with van der Waals surface area (Å²) in [5.41, 5.74) is 3.72. The summed E-state index contributed by atoms with van der Waals surface area (Å²) in [6.45, 7) is 7.00. The minimum Gasteiger partial charge on any atom is -0.485 e. The van der Waals surface area contributed by atoms with Gasteiger partial charge in [0, 0.05) is 11.4 Å². The molecule has 3 aromatic rings. The zero-order chi connectivity index (χ0) is 24.9. The van der Waals surface area contributed by atoms with E-state index in [4.69, 9.17) is 9.47 Å². The van der Waals surface area contributed by atoms with E-state index in [0.717, 1.165) is 48.1 Å². The van der Waals surface area contributed by atoms with Gasteiger partial charge in [0.25, 0.3) is 0 Å². The van der Waals surface area contributed by atoms with Gasteiger partial charge in [-0.3, -0.25) is 4.79 Å². The van der Waals surface area contributed by atoms with Gasteiger partial charge < -0.3 is 19.4 Å². The maximum atomic E-state index is 12.8. The van der Waals surface area contributed by atoms with E-state index >= 15 is 0 Å². The standard InChI is InChI=1S/C25H30N4O4S2/c1-5-29-20(13-33-18-12-15(2)10-11-16(18)3)27-28-25(29)34-14-21(30)26-23-22(24(31)32-4)17-8-6-7-9-19(17)35-23/h10-12H,5-9,13-14H2,1-4H3,(H,26,30). The Labute approximate surface area is 213 Å². The minimum atomic E-state index is -0.397. The fourth-order valence-electron chi connectivity index (χ4n) is 4.12. The Morgan fingerprint density at radius 2 is 2.00 bits per heavy atom. The summed E-state index contributed by atoms with van der Waals surface area (Å²) in [6.07, 6.45) is 3.91. The van der Waals surface area contributed by atoms with Gasteiger partial charge in [0.1, 0.15) is 17.4 Å². The number of thiophene rings is 1. The number of esters is 1. The summed E-state index contributed by atoms with van der Waals surface area (Å²) in [6, 6.07) is 6.09. The second kappa shape index (κ2) is 11.3. The van der Waals surface area contributed by atoms with Crippen molar-refractivity contribution < 1.29 is 19.1 Å². The number of anilines is 1. The molecule has 2 heterocycles. The Bertz CT molecular complexity index is 1230. The molecule has 0 fully saturated rings. The average molecular weight is 515 g/mol. The van der Waals surface area contributed by atoms with Crippen molar-refractivity contribution in [3.8, 4) is 5.75 Å². The van der Waals surface area contributed by atoms with Gasteiger partial charge in [-0.15, -0.1) is 21.5 Å². The molecule has 10 heteroatoms. The molecule has 2 aromatic heterocycles. The lowest BCUT2D eigenvalue weighted by Crippen LogP contribution is -2.17. The number of methoxy groups -OCH3 is 1. The molecule has 4 rings (SSSR count). The van der Waals surface area contributed by atoms with E-state index in [2.05, 4.69) is 21.6 Å². The molecule has 186 valence electrons. The second-order valence-corrected chi connectivity index (χ2v) is 10.5. The van der Waals surface area contributed by atoms with Gasteiger partial charge in [0.2, 0.25) is 5.91 Å². The second-order valence-electron chi connectivity index (χ2n) is 8.44. The van der Waals surface area contributed by atoms with E-state index < -0.39 is 5.97 Å². The highest BCUT2D eigenvalue weighted by atomic mass is 32.2.